The molecule has 0 saturated carbocycles. The molecule has 114 valence electrons. The van der Waals surface area contributed by atoms with Crippen LogP contribution in [0, 0.1) is 0 Å². The molecule has 0 unspecified atom stereocenters. The van der Waals surface area contributed by atoms with Gasteiger partial charge in [-0.2, -0.15) is 0 Å². The maximum atomic E-state index is 12.2. The van der Waals surface area contributed by atoms with E-state index in [9.17, 15) is 4.79 Å². The highest BCUT2D eigenvalue weighted by atomic mass is 16.5. The van der Waals surface area contributed by atoms with Crippen LogP contribution in [0.3, 0.4) is 0 Å². The van der Waals surface area contributed by atoms with Crippen LogP contribution in [0.15, 0.2) is 48.5 Å². The van der Waals surface area contributed by atoms with Gasteiger partial charge in [-0.3, -0.25) is 4.79 Å². The van der Waals surface area contributed by atoms with Crippen molar-refractivity contribution in [2.24, 2.45) is 0 Å². The van der Waals surface area contributed by atoms with Crippen molar-refractivity contribution in [3.63, 3.8) is 0 Å². The molecule has 1 heterocycles. The lowest BCUT2D eigenvalue weighted by atomic mass is 10.1. The minimum absolute atomic E-state index is 0.0831. The Morgan fingerprint density at radius 3 is 2.55 bits per heavy atom. The lowest BCUT2D eigenvalue weighted by Gasteiger charge is -2.16. The van der Waals surface area contributed by atoms with E-state index in [1.54, 1.807) is 12.1 Å². The minimum atomic E-state index is -0.107. The van der Waals surface area contributed by atoms with Crippen LogP contribution in [0.4, 0.5) is 0 Å². The lowest BCUT2D eigenvalue weighted by Crippen LogP contribution is -2.26. The molecule has 1 aliphatic heterocycles. The first-order valence-electron chi connectivity index (χ1n) is 7.49. The number of ether oxygens (including phenoxy) is 2. The number of hydrogen-bond acceptors (Lipinski definition) is 3. The molecule has 0 radical (unpaired) electrons. The van der Waals surface area contributed by atoms with Gasteiger partial charge in [0.15, 0.2) is 11.5 Å². The van der Waals surface area contributed by atoms with Crippen LogP contribution in [0.2, 0.25) is 0 Å². The molecule has 1 atom stereocenters. The van der Waals surface area contributed by atoms with Crippen molar-refractivity contribution in [2.75, 3.05) is 13.2 Å². The van der Waals surface area contributed by atoms with Gasteiger partial charge in [0.25, 0.3) is 5.91 Å². The van der Waals surface area contributed by atoms with Crippen molar-refractivity contribution in [3.05, 3.63) is 59.7 Å². The largest absolute Gasteiger partial charge is 0.490 e. The Hall–Kier alpha value is -2.49. The molecule has 0 bridgehead atoms. The number of carbonyl (C=O) groups is 1. The third kappa shape index (κ3) is 3.22. The summed E-state index contributed by atoms with van der Waals surface area (Å²) in [6, 6.07) is 14.9. The quantitative estimate of drug-likeness (QED) is 0.945. The van der Waals surface area contributed by atoms with E-state index < -0.39 is 0 Å². The highest BCUT2D eigenvalue weighted by Gasteiger charge is 2.15. The van der Waals surface area contributed by atoms with Crippen LogP contribution in [0.5, 0.6) is 11.5 Å². The summed E-state index contributed by atoms with van der Waals surface area (Å²) in [5.41, 5.74) is 1.65. The topological polar surface area (TPSA) is 47.6 Å². The Balaban J connectivity index is 1.73. The van der Waals surface area contributed by atoms with Gasteiger partial charge in [-0.1, -0.05) is 24.3 Å². The van der Waals surface area contributed by atoms with Crippen LogP contribution >= 0.6 is 0 Å². The zero-order valence-electron chi connectivity index (χ0n) is 12.5. The third-order valence-corrected chi connectivity index (χ3v) is 3.66. The van der Waals surface area contributed by atoms with E-state index in [-0.39, 0.29) is 11.9 Å². The van der Waals surface area contributed by atoms with Crippen LogP contribution in [0.1, 0.15) is 35.3 Å². The monoisotopic (exact) mass is 297 g/mol. The first kappa shape index (κ1) is 14.4. The van der Waals surface area contributed by atoms with Gasteiger partial charge in [0.05, 0.1) is 19.3 Å². The summed E-state index contributed by atoms with van der Waals surface area (Å²) in [4.78, 5) is 12.2. The molecule has 2 aromatic rings. The molecule has 0 aliphatic carbocycles. The first-order valence-corrected chi connectivity index (χ1v) is 7.49. The second-order valence-electron chi connectivity index (χ2n) is 5.32. The van der Waals surface area contributed by atoms with E-state index in [2.05, 4.69) is 5.32 Å². The number of nitrogens with one attached hydrogen (secondary N) is 1. The number of carbonyl (C=O) groups excluding carboxylic acids is 1. The number of rotatable bonds is 3. The molecule has 4 nitrogen and oxygen atoms in total. The highest BCUT2D eigenvalue weighted by Crippen LogP contribution is 2.32. The van der Waals surface area contributed by atoms with Crippen molar-refractivity contribution >= 4 is 5.91 Å². The van der Waals surface area contributed by atoms with Gasteiger partial charge in [-0.25, -0.2) is 0 Å². The normalized spacial score (nSPS) is 14.8. The van der Waals surface area contributed by atoms with Crippen molar-refractivity contribution in [2.45, 2.75) is 19.4 Å². The second-order valence-corrected chi connectivity index (χ2v) is 5.32. The fourth-order valence-electron chi connectivity index (χ4n) is 2.40. The third-order valence-electron chi connectivity index (χ3n) is 3.66. The van der Waals surface area contributed by atoms with Crippen LogP contribution in [-0.4, -0.2) is 19.1 Å². The van der Waals surface area contributed by atoms with E-state index in [0.29, 0.717) is 18.8 Å². The maximum Gasteiger partial charge on any atom is 0.251 e. The molecule has 0 spiro atoms. The van der Waals surface area contributed by atoms with Gasteiger partial charge in [0.2, 0.25) is 0 Å². The zero-order valence-corrected chi connectivity index (χ0v) is 12.5. The number of benzene rings is 2. The molecular weight excluding hydrogens is 278 g/mol. The Bertz CT molecular complexity index is 655. The van der Waals surface area contributed by atoms with Crippen molar-refractivity contribution < 1.29 is 14.3 Å². The van der Waals surface area contributed by atoms with Gasteiger partial charge in [-0.05, 0) is 36.8 Å². The molecular formula is C18H19NO3. The van der Waals surface area contributed by atoms with Crippen molar-refractivity contribution in [1.82, 2.24) is 5.32 Å². The average molecular weight is 297 g/mol. The molecule has 2 aromatic carbocycles. The van der Waals surface area contributed by atoms with E-state index in [1.165, 1.54) is 0 Å². The van der Waals surface area contributed by atoms with Crippen molar-refractivity contribution in [1.29, 1.82) is 0 Å². The molecule has 0 saturated heterocycles. The molecule has 0 aromatic heterocycles. The molecule has 22 heavy (non-hydrogen) atoms. The Labute approximate surface area is 130 Å². The Morgan fingerprint density at radius 1 is 1.05 bits per heavy atom. The fourth-order valence-corrected chi connectivity index (χ4v) is 2.40. The Morgan fingerprint density at radius 2 is 1.77 bits per heavy atom. The zero-order chi connectivity index (χ0) is 15.4. The predicted octanol–water partition coefficient (Wildman–Crippen LogP) is 3.34. The molecule has 1 N–H and O–H groups in total. The number of hydrogen-bond donors (Lipinski definition) is 1. The van der Waals surface area contributed by atoms with E-state index >= 15 is 0 Å². The van der Waals surface area contributed by atoms with Gasteiger partial charge in [0.1, 0.15) is 0 Å². The molecule has 1 amide bonds. The number of fused-ring (bicyclic) bond motifs is 1. The van der Waals surface area contributed by atoms with E-state index in [0.717, 1.165) is 23.5 Å². The molecule has 3 rings (SSSR count). The van der Waals surface area contributed by atoms with Crippen LogP contribution < -0.4 is 14.8 Å². The maximum absolute atomic E-state index is 12.2. The van der Waals surface area contributed by atoms with Gasteiger partial charge < -0.3 is 14.8 Å². The summed E-state index contributed by atoms with van der Waals surface area (Å²) in [6.45, 7) is 3.29. The van der Waals surface area contributed by atoms with Crippen LogP contribution in [-0.2, 0) is 0 Å². The van der Waals surface area contributed by atoms with Gasteiger partial charge in [-0.15, -0.1) is 0 Å². The summed E-state index contributed by atoms with van der Waals surface area (Å²) < 4.78 is 11.3. The smallest absolute Gasteiger partial charge is 0.251 e. The average Bonchev–Trinajstić information content (AvgIpc) is 2.80. The molecule has 0 fully saturated rings. The van der Waals surface area contributed by atoms with Crippen molar-refractivity contribution in [3.8, 4) is 11.5 Å². The number of amides is 1. The summed E-state index contributed by atoms with van der Waals surface area (Å²) in [6.07, 6.45) is 0.879. The van der Waals surface area contributed by atoms with Crippen LogP contribution in [0.25, 0.3) is 0 Å². The lowest BCUT2D eigenvalue weighted by molar-refractivity contribution is 0.0940. The second kappa shape index (κ2) is 6.52. The molecule has 4 heteroatoms. The summed E-state index contributed by atoms with van der Waals surface area (Å²) in [5.74, 6) is 1.43. The summed E-state index contributed by atoms with van der Waals surface area (Å²) in [7, 11) is 0. The highest BCUT2D eigenvalue weighted by molar-refractivity contribution is 5.94. The van der Waals surface area contributed by atoms with E-state index in [1.807, 2.05) is 43.3 Å². The summed E-state index contributed by atoms with van der Waals surface area (Å²) in [5, 5.41) is 3.00. The summed E-state index contributed by atoms with van der Waals surface area (Å²) >= 11 is 0. The molecule has 1 aliphatic rings. The SMILES string of the molecule is C[C@H](NC(=O)c1ccccc1)c1ccc2c(c1)OCCCO2. The van der Waals surface area contributed by atoms with Gasteiger partial charge >= 0.3 is 0 Å². The minimum Gasteiger partial charge on any atom is -0.490 e. The van der Waals surface area contributed by atoms with E-state index in [4.69, 9.17) is 9.47 Å². The standard InChI is InChI=1S/C18H19NO3/c1-13(19-18(20)14-6-3-2-4-7-14)15-8-9-16-17(12-15)22-11-5-10-21-16/h2-4,6-9,12-13H,5,10-11H2,1H3,(H,19,20)/t13-/m0/s1. The predicted molar refractivity (Wildman–Crippen MR) is 84.4 cm³/mol. The first-order chi connectivity index (χ1) is 10.7. The van der Waals surface area contributed by atoms with Gasteiger partial charge in [0, 0.05) is 12.0 Å². The fraction of sp³-hybridized carbons (Fsp3) is 0.278. The Kier molecular flexibility index (Phi) is 4.28.